The molecule has 0 aromatic carbocycles. The molecule has 100 valence electrons. The van der Waals surface area contributed by atoms with Gasteiger partial charge in [0.2, 0.25) is 5.91 Å². The minimum absolute atomic E-state index is 0.0940. The molecule has 2 atom stereocenters. The fourth-order valence-electron chi connectivity index (χ4n) is 1.97. The van der Waals surface area contributed by atoms with Crippen LogP contribution in [0.3, 0.4) is 0 Å². The van der Waals surface area contributed by atoms with Gasteiger partial charge in [-0.3, -0.25) is 4.79 Å². The van der Waals surface area contributed by atoms with Crippen molar-refractivity contribution in [2.24, 2.45) is 5.92 Å². The molecule has 1 aliphatic rings. The fourth-order valence-corrected chi connectivity index (χ4v) is 1.97. The third-order valence-corrected chi connectivity index (χ3v) is 3.01. The summed E-state index contributed by atoms with van der Waals surface area (Å²) < 4.78 is 4.77. The predicted octanol–water partition coefficient (Wildman–Crippen LogP) is 1.97. The maximum absolute atomic E-state index is 11.2. The van der Waals surface area contributed by atoms with Gasteiger partial charge < -0.3 is 10.1 Å². The molecule has 1 saturated heterocycles. The number of esters is 1. The molecular weight excluding hydrogens is 230 g/mol. The number of amides is 1. The smallest absolute Gasteiger partial charge is 0.330 e. The Kier molecular flexibility index (Phi) is 6.19. The van der Waals surface area contributed by atoms with Crippen LogP contribution < -0.4 is 5.32 Å². The van der Waals surface area contributed by atoms with Gasteiger partial charge in [0, 0.05) is 6.08 Å². The average Bonchev–Trinajstić information content (AvgIpc) is 2.34. The highest BCUT2D eigenvalue weighted by Gasteiger charge is 2.35. The van der Waals surface area contributed by atoms with Gasteiger partial charge in [-0.05, 0) is 26.2 Å². The molecule has 0 aliphatic carbocycles. The Bertz CT molecular complexity index is 336. The van der Waals surface area contributed by atoms with Gasteiger partial charge in [-0.15, -0.1) is 6.58 Å². The summed E-state index contributed by atoms with van der Waals surface area (Å²) in [6.45, 7) is 5.87. The van der Waals surface area contributed by atoms with E-state index < -0.39 is 0 Å². The SMILES string of the molecule is C=C[C@@H]1NC(=O)[C@@H]1CCCC/C=C/C(=O)OCC. The number of hydrogen-bond acceptors (Lipinski definition) is 3. The van der Waals surface area contributed by atoms with E-state index in [9.17, 15) is 9.59 Å². The number of allylic oxidation sites excluding steroid dienone is 1. The molecule has 0 bridgehead atoms. The fraction of sp³-hybridized carbons (Fsp3) is 0.571. The number of nitrogens with one attached hydrogen (secondary N) is 1. The van der Waals surface area contributed by atoms with Crippen LogP contribution in [0, 0.1) is 5.92 Å². The van der Waals surface area contributed by atoms with Gasteiger partial charge in [0.05, 0.1) is 18.6 Å². The molecule has 1 aliphatic heterocycles. The second-order valence-electron chi connectivity index (χ2n) is 4.32. The van der Waals surface area contributed by atoms with Crippen molar-refractivity contribution in [3.63, 3.8) is 0 Å². The first kappa shape index (κ1) is 14.5. The first-order valence-corrected chi connectivity index (χ1v) is 6.45. The lowest BCUT2D eigenvalue weighted by Gasteiger charge is -2.34. The molecule has 1 rings (SSSR count). The molecule has 0 aromatic heterocycles. The normalized spacial score (nSPS) is 22.4. The molecule has 0 radical (unpaired) electrons. The van der Waals surface area contributed by atoms with Crippen molar-refractivity contribution in [1.29, 1.82) is 0 Å². The molecule has 1 heterocycles. The maximum Gasteiger partial charge on any atom is 0.330 e. The summed E-state index contributed by atoms with van der Waals surface area (Å²) in [5.41, 5.74) is 0. The summed E-state index contributed by atoms with van der Waals surface area (Å²) >= 11 is 0. The molecule has 18 heavy (non-hydrogen) atoms. The van der Waals surface area contributed by atoms with Gasteiger partial charge in [-0.1, -0.05) is 18.6 Å². The predicted molar refractivity (Wildman–Crippen MR) is 69.9 cm³/mol. The summed E-state index contributed by atoms with van der Waals surface area (Å²) in [5.74, 6) is -0.0684. The van der Waals surface area contributed by atoms with E-state index in [1.54, 1.807) is 13.0 Å². The minimum Gasteiger partial charge on any atom is -0.463 e. The Balaban J connectivity index is 2.07. The lowest BCUT2D eigenvalue weighted by Crippen LogP contribution is -2.56. The van der Waals surface area contributed by atoms with E-state index in [2.05, 4.69) is 11.9 Å². The summed E-state index contributed by atoms with van der Waals surface area (Å²) in [7, 11) is 0. The van der Waals surface area contributed by atoms with Gasteiger partial charge >= 0.3 is 5.97 Å². The van der Waals surface area contributed by atoms with Crippen molar-refractivity contribution in [2.75, 3.05) is 6.61 Å². The van der Waals surface area contributed by atoms with Gasteiger partial charge in [0.15, 0.2) is 0 Å². The van der Waals surface area contributed by atoms with E-state index in [1.807, 2.05) is 6.08 Å². The first-order valence-electron chi connectivity index (χ1n) is 6.45. The number of unbranched alkanes of at least 4 members (excludes halogenated alkanes) is 2. The van der Waals surface area contributed by atoms with Crippen LogP contribution in [0.25, 0.3) is 0 Å². The molecule has 4 heteroatoms. The largest absolute Gasteiger partial charge is 0.463 e. The van der Waals surface area contributed by atoms with Crippen LogP contribution >= 0.6 is 0 Å². The molecule has 1 fully saturated rings. The zero-order valence-corrected chi connectivity index (χ0v) is 10.9. The molecule has 0 spiro atoms. The van der Waals surface area contributed by atoms with E-state index in [1.165, 1.54) is 6.08 Å². The standard InChI is InChI=1S/C14H21NO3/c1-3-12-11(14(17)15-12)9-7-5-6-8-10-13(16)18-4-2/h3,8,10-12H,1,4-7,9H2,2H3,(H,15,17)/b10-8+/t11-,12+/m1/s1. The summed E-state index contributed by atoms with van der Waals surface area (Å²) in [4.78, 5) is 22.2. The molecule has 4 nitrogen and oxygen atoms in total. The van der Waals surface area contributed by atoms with Gasteiger partial charge in [0.1, 0.15) is 0 Å². The maximum atomic E-state index is 11.2. The van der Waals surface area contributed by atoms with Gasteiger partial charge in [0.25, 0.3) is 0 Å². The van der Waals surface area contributed by atoms with Crippen LogP contribution in [0.4, 0.5) is 0 Å². The number of hydrogen-bond donors (Lipinski definition) is 1. The zero-order valence-electron chi connectivity index (χ0n) is 10.9. The molecule has 1 N–H and O–H groups in total. The van der Waals surface area contributed by atoms with Crippen molar-refractivity contribution < 1.29 is 14.3 Å². The molecule has 0 unspecified atom stereocenters. The summed E-state index contributed by atoms with van der Waals surface area (Å²) in [6.07, 6.45) is 8.75. The van der Waals surface area contributed by atoms with Crippen LogP contribution in [-0.4, -0.2) is 24.5 Å². The molecule has 0 aromatic rings. The minimum atomic E-state index is -0.289. The topological polar surface area (TPSA) is 55.4 Å². The molecular formula is C14H21NO3. The average molecular weight is 251 g/mol. The van der Waals surface area contributed by atoms with E-state index in [0.29, 0.717) is 6.61 Å². The Labute approximate surface area is 108 Å². The molecule has 1 amide bonds. The Morgan fingerprint density at radius 2 is 2.28 bits per heavy atom. The van der Waals surface area contributed by atoms with Crippen LogP contribution in [0.5, 0.6) is 0 Å². The quantitative estimate of drug-likeness (QED) is 0.236. The third kappa shape index (κ3) is 4.35. The van der Waals surface area contributed by atoms with Crippen LogP contribution in [0.15, 0.2) is 24.8 Å². The number of β-lactam (4-membered cyclic amide) rings is 1. The van der Waals surface area contributed by atoms with Crippen molar-refractivity contribution in [3.8, 4) is 0 Å². The van der Waals surface area contributed by atoms with Crippen LogP contribution in [0.2, 0.25) is 0 Å². The van der Waals surface area contributed by atoms with Crippen LogP contribution in [-0.2, 0) is 14.3 Å². The lowest BCUT2D eigenvalue weighted by molar-refractivity contribution is -0.137. The van der Waals surface area contributed by atoms with Crippen molar-refractivity contribution >= 4 is 11.9 Å². The van der Waals surface area contributed by atoms with E-state index in [-0.39, 0.29) is 23.8 Å². The Morgan fingerprint density at radius 1 is 1.50 bits per heavy atom. The molecule has 0 saturated carbocycles. The summed E-state index contributed by atoms with van der Waals surface area (Å²) in [6, 6.07) is 0.146. The zero-order chi connectivity index (χ0) is 13.4. The highest BCUT2D eigenvalue weighted by molar-refractivity contribution is 5.86. The highest BCUT2D eigenvalue weighted by atomic mass is 16.5. The Hall–Kier alpha value is -1.58. The monoisotopic (exact) mass is 251 g/mol. The number of ether oxygens (including phenoxy) is 1. The van der Waals surface area contributed by atoms with Crippen molar-refractivity contribution in [2.45, 2.75) is 38.6 Å². The number of carbonyl (C=O) groups is 2. The van der Waals surface area contributed by atoms with Gasteiger partial charge in [-0.2, -0.15) is 0 Å². The van der Waals surface area contributed by atoms with Crippen molar-refractivity contribution in [3.05, 3.63) is 24.8 Å². The highest BCUT2D eigenvalue weighted by Crippen LogP contribution is 2.22. The van der Waals surface area contributed by atoms with Crippen molar-refractivity contribution in [1.82, 2.24) is 5.32 Å². The summed E-state index contributed by atoms with van der Waals surface area (Å²) in [5, 5.41) is 2.79. The lowest BCUT2D eigenvalue weighted by atomic mass is 9.86. The van der Waals surface area contributed by atoms with E-state index in [4.69, 9.17) is 4.74 Å². The second-order valence-corrected chi connectivity index (χ2v) is 4.32. The number of rotatable bonds is 8. The van der Waals surface area contributed by atoms with E-state index >= 15 is 0 Å². The third-order valence-electron chi connectivity index (χ3n) is 3.01. The Morgan fingerprint density at radius 3 is 2.89 bits per heavy atom. The van der Waals surface area contributed by atoms with Crippen LogP contribution in [0.1, 0.15) is 32.6 Å². The number of carbonyl (C=O) groups excluding carboxylic acids is 2. The second kappa shape index (κ2) is 7.69. The first-order chi connectivity index (χ1) is 8.69. The van der Waals surface area contributed by atoms with E-state index in [0.717, 1.165) is 25.7 Å². The van der Waals surface area contributed by atoms with Gasteiger partial charge in [-0.25, -0.2) is 4.79 Å².